The molecule has 1 unspecified atom stereocenters. The van der Waals surface area contributed by atoms with Gasteiger partial charge in [0.05, 0.1) is 0 Å². The Labute approximate surface area is 157 Å². The first-order valence-corrected chi connectivity index (χ1v) is 9.13. The average Bonchev–Trinajstić information content (AvgIpc) is 3.02. The largest absolute Gasteiger partial charge is 0.512 e. The molecule has 0 spiro atoms. The van der Waals surface area contributed by atoms with Gasteiger partial charge in [-0.2, -0.15) is 0 Å². The Kier molecular flexibility index (Phi) is 4.14. The number of allylic oxidation sites excluding steroid dienone is 2. The highest BCUT2D eigenvalue weighted by atomic mass is 19.1. The van der Waals surface area contributed by atoms with Crippen LogP contribution in [0.15, 0.2) is 66.1 Å². The topological polar surface area (TPSA) is 53.1 Å². The number of Topliss-reactive ketones (excluding diaryl/α,β-unsaturated/α-hetero) is 1. The molecule has 138 valence electrons. The molecular formula is C23H22FNO2. The summed E-state index contributed by atoms with van der Waals surface area (Å²) in [4.78, 5) is 16.2. The number of aromatic amines is 1. The molecule has 0 bridgehead atoms. The van der Waals surface area contributed by atoms with Crippen molar-refractivity contribution in [3.63, 3.8) is 0 Å². The monoisotopic (exact) mass is 363 g/mol. The lowest BCUT2D eigenvalue weighted by atomic mass is 9.71. The van der Waals surface area contributed by atoms with Crippen LogP contribution in [0.5, 0.6) is 0 Å². The number of hydrogen-bond acceptors (Lipinski definition) is 2. The van der Waals surface area contributed by atoms with E-state index in [0.29, 0.717) is 24.0 Å². The number of fused-ring (bicyclic) bond motifs is 1. The van der Waals surface area contributed by atoms with Crippen molar-refractivity contribution in [2.45, 2.75) is 32.6 Å². The lowest BCUT2D eigenvalue weighted by molar-refractivity contribution is -0.118. The zero-order valence-corrected chi connectivity index (χ0v) is 15.4. The van der Waals surface area contributed by atoms with Gasteiger partial charge in [0.15, 0.2) is 5.78 Å². The first-order valence-electron chi connectivity index (χ1n) is 9.13. The third kappa shape index (κ3) is 3.05. The first kappa shape index (κ1) is 17.5. The van der Waals surface area contributed by atoms with Crippen molar-refractivity contribution in [2.24, 2.45) is 5.41 Å². The molecule has 2 N–H and O–H groups in total. The molecule has 3 nitrogen and oxygen atoms in total. The van der Waals surface area contributed by atoms with Crippen LogP contribution < -0.4 is 0 Å². The lowest BCUT2D eigenvalue weighted by Gasteiger charge is -2.33. The van der Waals surface area contributed by atoms with E-state index in [9.17, 15) is 14.3 Å². The molecule has 4 heteroatoms. The molecule has 0 fully saturated rings. The maximum Gasteiger partial charge on any atom is 0.163 e. The molecule has 2 aromatic carbocycles. The molecule has 27 heavy (non-hydrogen) atoms. The van der Waals surface area contributed by atoms with Crippen LogP contribution in [0.3, 0.4) is 0 Å². The summed E-state index contributed by atoms with van der Waals surface area (Å²) in [6.07, 6.45) is 2.55. The number of aliphatic hydroxyl groups is 1. The summed E-state index contributed by atoms with van der Waals surface area (Å²) in [5, 5.41) is 11.7. The van der Waals surface area contributed by atoms with E-state index >= 15 is 0 Å². The molecule has 0 aliphatic heterocycles. The van der Waals surface area contributed by atoms with Crippen LogP contribution in [-0.4, -0.2) is 15.9 Å². The zero-order valence-electron chi connectivity index (χ0n) is 15.4. The number of aliphatic hydroxyl groups excluding tert-OH is 1. The van der Waals surface area contributed by atoms with Crippen LogP contribution in [0.25, 0.3) is 10.9 Å². The number of hydrogen-bond donors (Lipinski definition) is 2. The molecule has 0 radical (unpaired) electrons. The van der Waals surface area contributed by atoms with Crippen molar-refractivity contribution in [3.8, 4) is 0 Å². The van der Waals surface area contributed by atoms with Crippen molar-refractivity contribution in [1.29, 1.82) is 0 Å². The van der Waals surface area contributed by atoms with E-state index < -0.39 is 5.92 Å². The van der Waals surface area contributed by atoms with Gasteiger partial charge in [-0.1, -0.05) is 50.2 Å². The van der Waals surface area contributed by atoms with Crippen LogP contribution in [-0.2, 0) is 4.79 Å². The fraction of sp³-hybridized carbons (Fsp3) is 0.261. The Balaban J connectivity index is 1.98. The van der Waals surface area contributed by atoms with Gasteiger partial charge < -0.3 is 10.1 Å². The van der Waals surface area contributed by atoms with Crippen molar-refractivity contribution < 1.29 is 14.3 Å². The van der Waals surface area contributed by atoms with Crippen molar-refractivity contribution >= 4 is 16.7 Å². The first-order chi connectivity index (χ1) is 12.9. The molecule has 1 aliphatic carbocycles. The number of aromatic nitrogens is 1. The van der Waals surface area contributed by atoms with Crippen molar-refractivity contribution in [1.82, 2.24) is 4.98 Å². The molecule has 1 aromatic heterocycles. The SMILES string of the molecule is CC1(C)CC(=O)C(C(c2ccccc2F)c2c[nH]c3ccccc23)=C(O)C1. The second-order valence-electron chi connectivity index (χ2n) is 8.05. The van der Waals surface area contributed by atoms with Gasteiger partial charge in [-0.25, -0.2) is 4.39 Å². The fourth-order valence-corrected chi connectivity index (χ4v) is 4.15. The van der Waals surface area contributed by atoms with Gasteiger partial charge in [0.25, 0.3) is 0 Å². The van der Waals surface area contributed by atoms with Gasteiger partial charge in [-0.05, 0) is 23.1 Å². The second kappa shape index (κ2) is 6.38. The number of H-pyrrole nitrogens is 1. The van der Waals surface area contributed by atoms with Crippen LogP contribution >= 0.6 is 0 Å². The quantitative estimate of drug-likeness (QED) is 0.633. The minimum absolute atomic E-state index is 0.0646. The summed E-state index contributed by atoms with van der Waals surface area (Å²) in [5.74, 6) is -1.09. The Hall–Kier alpha value is -2.88. The molecule has 1 atom stereocenters. The Bertz CT molecular complexity index is 1060. The highest BCUT2D eigenvalue weighted by Crippen LogP contribution is 2.45. The number of para-hydroxylation sites is 1. The fourth-order valence-electron chi connectivity index (χ4n) is 4.15. The predicted octanol–water partition coefficient (Wildman–Crippen LogP) is 5.64. The van der Waals surface area contributed by atoms with E-state index in [2.05, 4.69) is 4.98 Å². The number of ketones is 1. The molecule has 3 aromatic rings. The third-order valence-electron chi connectivity index (χ3n) is 5.33. The molecule has 4 rings (SSSR count). The van der Waals surface area contributed by atoms with Crippen molar-refractivity contribution in [3.05, 3.63) is 83.0 Å². The molecule has 1 heterocycles. The van der Waals surface area contributed by atoms with E-state index in [1.165, 1.54) is 6.07 Å². The van der Waals surface area contributed by atoms with Gasteiger partial charge in [0, 0.05) is 47.0 Å². The van der Waals surface area contributed by atoms with E-state index in [1.807, 2.05) is 44.3 Å². The van der Waals surface area contributed by atoms with E-state index in [0.717, 1.165) is 16.5 Å². The van der Waals surface area contributed by atoms with Gasteiger partial charge in [-0.15, -0.1) is 0 Å². The number of carbonyl (C=O) groups is 1. The van der Waals surface area contributed by atoms with Gasteiger partial charge in [0.1, 0.15) is 11.6 Å². The molecule has 0 saturated heterocycles. The molecule has 0 amide bonds. The summed E-state index contributed by atoms with van der Waals surface area (Å²) < 4.78 is 14.8. The maximum atomic E-state index is 14.8. The minimum atomic E-state index is -0.647. The average molecular weight is 363 g/mol. The summed E-state index contributed by atoms with van der Waals surface area (Å²) in [6, 6.07) is 14.2. The normalized spacial score (nSPS) is 18.1. The second-order valence-corrected chi connectivity index (χ2v) is 8.05. The Morgan fingerprint density at radius 2 is 1.74 bits per heavy atom. The van der Waals surface area contributed by atoms with E-state index in [-0.39, 0.29) is 22.8 Å². The third-order valence-corrected chi connectivity index (χ3v) is 5.33. The van der Waals surface area contributed by atoms with Crippen LogP contribution in [0, 0.1) is 11.2 Å². The van der Waals surface area contributed by atoms with E-state index in [1.54, 1.807) is 18.2 Å². The Morgan fingerprint density at radius 1 is 1.04 bits per heavy atom. The van der Waals surface area contributed by atoms with Gasteiger partial charge in [0.2, 0.25) is 0 Å². The van der Waals surface area contributed by atoms with Crippen molar-refractivity contribution in [2.75, 3.05) is 0 Å². The van der Waals surface area contributed by atoms with Gasteiger partial charge in [-0.3, -0.25) is 4.79 Å². The van der Waals surface area contributed by atoms with Gasteiger partial charge >= 0.3 is 0 Å². The number of halogens is 1. The molecule has 0 saturated carbocycles. The highest BCUT2D eigenvalue weighted by Gasteiger charge is 2.38. The highest BCUT2D eigenvalue weighted by molar-refractivity contribution is 6.00. The summed E-state index contributed by atoms with van der Waals surface area (Å²) >= 11 is 0. The standard InChI is InChI=1S/C23H22FNO2/c1-23(2)11-19(26)22(20(27)12-23)21(15-8-3-5-9-17(15)24)16-13-25-18-10-6-4-7-14(16)18/h3-10,13,21,25-26H,11-12H2,1-2H3. The Morgan fingerprint density at radius 3 is 2.48 bits per heavy atom. The summed E-state index contributed by atoms with van der Waals surface area (Å²) in [6.45, 7) is 3.92. The zero-order chi connectivity index (χ0) is 19.2. The lowest BCUT2D eigenvalue weighted by Crippen LogP contribution is -2.29. The maximum absolute atomic E-state index is 14.8. The van der Waals surface area contributed by atoms with Crippen LogP contribution in [0.2, 0.25) is 0 Å². The number of nitrogens with one attached hydrogen (secondary N) is 1. The number of carbonyl (C=O) groups excluding carboxylic acids is 1. The predicted molar refractivity (Wildman–Crippen MR) is 104 cm³/mol. The number of benzene rings is 2. The molecule has 1 aliphatic rings. The molecular weight excluding hydrogens is 341 g/mol. The summed E-state index contributed by atoms with van der Waals surface area (Å²) in [7, 11) is 0. The smallest absolute Gasteiger partial charge is 0.163 e. The van der Waals surface area contributed by atoms with E-state index in [4.69, 9.17) is 0 Å². The minimum Gasteiger partial charge on any atom is -0.512 e. The summed E-state index contributed by atoms with van der Waals surface area (Å²) in [5.41, 5.74) is 2.12. The number of rotatable bonds is 3. The van der Waals surface area contributed by atoms with Crippen LogP contribution in [0.4, 0.5) is 4.39 Å². The van der Waals surface area contributed by atoms with Crippen LogP contribution in [0.1, 0.15) is 43.7 Å².